The van der Waals surface area contributed by atoms with Crippen LogP contribution in [0.5, 0.6) is 0 Å². The molecule has 0 spiro atoms. The fourth-order valence-electron chi connectivity index (χ4n) is 3.16. The lowest BCUT2D eigenvalue weighted by molar-refractivity contribution is -0.129. The van der Waals surface area contributed by atoms with Gasteiger partial charge in [-0.1, -0.05) is 5.10 Å². The minimum atomic E-state index is -0.718. The quantitative estimate of drug-likeness (QED) is 0.618. The number of carbonyl (C=O) groups excluding carboxylic acids is 2. The summed E-state index contributed by atoms with van der Waals surface area (Å²) >= 11 is 0. The number of nitrogens with zero attached hydrogens (tertiary/aromatic N) is 5. The van der Waals surface area contributed by atoms with Crippen molar-refractivity contribution in [3.63, 3.8) is 0 Å². The average Bonchev–Trinajstić information content (AvgIpc) is 3.26. The average molecular weight is 443 g/mol. The van der Waals surface area contributed by atoms with Crippen LogP contribution in [0.4, 0.5) is 32.0 Å². The molecule has 0 radical (unpaired) electrons. The van der Waals surface area contributed by atoms with E-state index in [1.54, 1.807) is 24.0 Å². The molecule has 1 saturated heterocycles. The normalized spacial score (nSPS) is 13.7. The molecule has 1 aromatic carbocycles. The van der Waals surface area contributed by atoms with Crippen molar-refractivity contribution in [2.24, 2.45) is 0 Å². The van der Waals surface area contributed by atoms with Crippen LogP contribution in [0.1, 0.15) is 17.6 Å². The van der Waals surface area contributed by atoms with E-state index >= 15 is 0 Å². The van der Waals surface area contributed by atoms with Crippen molar-refractivity contribution in [3.8, 4) is 0 Å². The second kappa shape index (κ2) is 8.96. The monoisotopic (exact) mass is 443 g/mol. The Morgan fingerprint density at radius 3 is 2.53 bits per heavy atom. The first-order chi connectivity index (χ1) is 15.4. The highest BCUT2D eigenvalue weighted by molar-refractivity contribution is 6.00. The number of carbonyl (C=O) groups is 2. The Morgan fingerprint density at radius 2 is 1.84 bits per heavy atom. The maximum Gasteiger partial charge on any atom is 0.320 e. The van der Waals surface area contributed by atoms with Gasteiger partial charge in [0.25, 0.3) is 0 Å². The van der Waals surface area contributed by atoms with Crippen LogP contribution in [0.3, 0.4) is 0 Å². The summed E-state index contributed by atoms with van der Waals surface area (Å²) in [6.07, 6.45) is 1.49. The number of halogens is 2. The van der Waals surface area contributed by atoms with Gasteiger partial charge in [-0.15, -0.1) is 5.10 Å². The lowest BCUT2D eigenvalue weighted by Gasteiger charge is -2.34. The van der Waals surface area contributed by atoms with E-state index in [4.69, 9.17) is 4.42 Å². The van der Waals surface area contributed by atoms with Gasteiger partial charge in [-0.05, 0) is 24.3 Å². The summed E-state index contributed by atoms with van der Waals surface area (Å²) in [6.45, 7) is 4.14. The predicted octanol–water partition coefficient (Wildman–Crippen LogP) is 2.41. The van der Waals surface area contributed by atoms with Crippen LogP contribution >= 0.6 is 0 Å². The first-order valence-electron chi connectivity index (χ1n) is 9.72. The minimum absolute atomic E-state index is 0.0520. The maximum atomic E-state index is 13.7. The molecule has 0 bridgehead atoms. The second-order valence-corrected chi connectivity index (χ2v) is 7.01. The van der Waals surface area contributed by atoms with Crippen LogP contribution in [0, 0.1) is 11.6 Å². The first kappa shape index (κ1) is 21.2. The van der Waals surface area contributed by atoms with Crippen LogP contribution in [-0.2, 0) is 4.79 Å². The topological polar surface area (TPSA) is 116 Å². The van der Waals surface area contributed by atoms with E-state index in [0.29, 0.717) is 31.9 Å². The molecule has 1 aliphatic rings. The number of rotatable bonds is 5. The molecular weight excluding hydrogens is 424 g/mol. The summed E-state index contributed by atoms with van der Waals surface area (Å²) in [5, 5.41) is 12.2. The smallest absolute Gasteiger partial charge is 0.320 e. The molecule has 2 N–H and O–H groups in total. The molecule has 1 aliphatic heterocycles. The van der Waals surface area contributed by atoms with Gasteiger partial charge < -0.3 is 24.9 Å². The highest BCUT2D eigenvalue weighted by atomic mass is 19.1. The molecule has 1 fully saturated rings. The molecule has 0 unspecified atom stereocenters. The molecule has 2 amide bonds. The van der Waals surface area contributed by atoms with Crippen molar-refractivity contribution in [2.75, 3.05) is 41.7 Å². The van der Waals surface area contributed by atoms with Crippen molar-refractivity contribution in [3.05, 3.63) is 54.1 Å². The molecule has 10 nitrogen and oxygen atoms in total. The molecule has 4 rings (SSSR count). The number of amides is 2. The second-order valence-electron chi connectivity index (χ2n) is 7.01. The van der Waals surface area contributed by atoms with Gasteiger partial charge >= 0.3 is 17.8 Å². The summed E-state index contributed by atoms with van der Waals surface area (Å²) < 4.78 is 32.1. The molecule has 12 heteroatoms. The van der Waals surface area contributed by atoms with Crippen LogP contribution in [-0.4, -0.2) is 58.1 Å². The Morgan fingerprint density at radius 1 is 1.06 bits per heavy atom. The highest BCUT2D eigenvalue weighted by Crippen LogP contribution is 2.21. The van der Waals surface area contributed by atoms with Gasteiger partial charge in [0.2, 0.25) is 5.91 Å². The van der Waals surface area contributed by atoms with E-state index < -0.39 is 17.5 Å². The largest absolute Gasteiger partial charge is 0.399 e. The van der Waals surface area contributed by atoms with Gasteiger partial charge in [0.05, 0.1) is 17.6 Å². The lowest BCUT2D eigenvalue weighted by Crippen LogP contribution is -2.48. The Balaban J connectivity index is 1.35. The molecule has 2 aromatic heterocycles. The maximum absolute atomic E-state index is 13.7. The van der Waals surface area contributed by atoms with E-state index in [0.717, 1.165) is 24.0 Å². The van der Waals surface area contributed by atoms with Crippen molar-refractivity contribution in [2.45, 2.75) is 6.92 Å². The van der Waals surface area contributed by atoms with Crippen LogP contribution < -0.4 is 15.5 Å². The summed E-state index contributed by atoms with van der Waals surface area (Å²) in [5.41, 5.74) is 0.203. The van der Waals surface area contributed by atoms with E-state index in [-0.39, 0.29) is 23.5 Å². The number of pyridine rings is 1. The van der Waals surface area contributed by atoms with Crippen molar-refractivity contribution >= 4 is 35.0 Å². The number of aromatic nitrogens is 3. The van der Waals surface area contributed by atoms with E-state index in [2.05, 4.69) is 25.8 Å². The van der Waals surface area contributed by atoms with Crippen LogP contribution in [0.15, 0.2) is 40.9 Å². The van der Waals surface area contributed by atoms with Crippen molar-refractivity contribution in [1.29, 1.82) is 0 Å². The van der Waals surface area contributed by atoms with Crippen LogP contribution in [0.25, 0.3) is 0 Å². The Bertz CT molecular complexity index is 1130. The van der Waals surface area contributed by atoms with Gasteiger partial charge in [0.15, 0.2) is 0 Å². The summed E-state index contributed by atoms with van der Waals surface area (Å²) in [4.78, 5) is 31.9. The molecular formula is C20H19F2N7O3. The van der Waals surface area contributed by atoms with Crippen LogP contribution in [0.2, 0.25) is 0 Å². The van der Waals surface area contributed by atoms with E-state index in [1.807, 2.05) is 4.90 Å². The number of anilines is 4. The number of piperazine rings is 1. The Kier molecular flexibility index (Phi) is 5.92. The highest BCUT2D eigenvalue weighted by Gasteiger charge is 2.20. The molecule has 3 heterocycles. The van der Waals surface area contributed by atoms with Gasteiger partial charge in [0.1, 0.15) is 17.5 Å². The summed E-state index contributed by atoms with van der Waals surface area (Å²) in [6, 6.07) is 6.01. The fraction of sp³-hybridized carbons (Fsp3) is 0.250. The van der Waals surface area contributed by atoms with Gasteiger partial charge in [-0.25, -0.2) is 13.8 Å². The SMILES string of the molecule is CC(=O)N1CCN(c2ccc(NC(=O)c3nnc(Nc4cc(F)ccc4F)o3)cn2)CC1. The third-order valence-electron chi connectivity index (χ3n) is 4.84. The number of hydrogen-bond acceptors (Lipinski definition) is 8. The third-order valence-corrected chi connectivity index (χ3v) is 4.84. The molecule has 0 atom stereocenters. The molecule has 166 valence electrons. The zero-order valence-corrected chi connectivity index (χ0v) is 17.0. The predicted molar refractivity (Wildman–Crippen MR) is 111 cm³/mol. The number of hydrogen-bond donors (Lipinski definition) is 2. The minimum Gasteiger partial charge on any atom is -0.399 e. The Labute approximate surface area is 181 Å². The van der Waals surface area contributed by atoms with Crippen molar-refractivity contribution < 1.29 is 22.8 Å². The van der Waals surface area contributed by atoms with Crippen molar-refractivity contribution in [1.82, 2.24) is 20.1 Å². The van der Waals surface area contributed by atoms with E-state index in [9.17, 15) is 18.4 Å². The zero-order chi connectivity index (χ0) is 22.7. The molecule has 0 saturated carbocycles. The molecule has 3 aromatic rings. The zero-order valence-electron chi connectivity index (χ0n) is 17.0. The third kappa shape index (κ3) is 4.79. The number of nitrogens with one attached hydrogen (secondary N) is 2. The van der Waals surface area contributed by atoms with Gasteiger partial charge in [0, 0.05) is 39.2 Å². The van der Waals surface area contributed by atoms with E-state index in [1.165, 1.54) is 6.20 Å². The lowest BCUT2D eigenvalue weighted by atomic mass is 10.3. The van der Waals surface area contributed by atoms with Gasteiger partial charge in [-0.3, -0.25) is 9.59 Å². The fourth-order valence-corrected chi connectivity index (χ4v) is 3.16. The Hall–Kier alpha value is -4.09. The molecule has 32 heavy (non-hydrogen) atoms. The summed E-state index contributed by atoms with van der Waals surface area (Å²) in [7, 11) is 0. The number of benzene rings is 1. The summed E-state index contributed by atoms with van der Waals surface area (Å²) in [5.74, 6) is -1.64. The molecule has 0 aliphatic carbocycles. The first-order valence-corrected chi connectivity index (χ1v) is 9.72. The van der Waals surface area contributed by atoms with Gasteiger partial charge in [-0.2, -0.15) is 0 Å². The standard InChI is InChI=1S/C20H19F2N7O3/c1-12(30)28-6-8-29(9-7-28)17-5-3-14(11-23-17)24-18(31)19-26-27-20(32-19)25-16-10-13(21)2-4-15(16)22/h2-5,10-11H,6-9H2,1H3,(H,24,31)(H,25,27).